The smallest absolute Gasteiger partial charge is 0.0766 e. The van der Waals surface area contributed by atoms with E-state index in [1.54, 1.807) is 0 Å². The number of aromatic nitrogens is 2. The maximum absolute atomic E-state index is 6.14. The molecule has 0 bridgehead atoms. The third-order valence-electron chi connectivity index (χ3n) is 2.92. The summed E-state index contributed by atoms with van der Waals surface area (Å²) < 4.78 is 1.86. The third-order valence-corrected chi connectivity index (χ3v) is 3.33. The Hall–Kier alpha value is -1.32. The van der Waals surface area contributed by atoms with Gasteiger partial charge in [0.2, 0.25) is 0 Å². The molecule has 0 radical (unpaired) electrons. The summed E-state index contributed by atoms with van der Waals surface area (Å²) in [6, 6.07) is 8.01. The van der Waals surface area contributed by atoms with Gasteiger partial charge < -0.3 is 5.32 Å². The van der Waals surface area contributed by atoms with Gasteiger partial charge in [0.05, 0.1) is 11.4 Å². The van der Waals surface area contributed by atoms with Crippen LogP contribution in [-0.2, 0) is 6.54 Å². The highest BCUT2D eigenvalue weighted by atomic mass is 35.5. The first-order valence-corrected chi connectivity index (χ1v) is 6.96. The second kappa shape index (κ2) is 6.22. The molecule has 2 rings (SSSR count). The summed E-state index contributed by atoms with van der Waals surface area (Å²) in [6.45, 7) is 8.18. The molecule has 4 heteroatoms. The Labute approximate surface area is 119 Å². The maximum atomic E-state index is 6.14. The van der Waals surface area contributed by atoms with Crippen LogP contribution in [0.25, 0.3) is 5.69 Å². The number of hydrogen-bond acceptors (Lipinski definition) is 2. The van der Waals surface area contributed by atoms with Gasteiger partial charge in [0.15, 0.2) is 0 Å². The minimum atomic E-state index is 0.651. The Balaban J connectivity index is 2.05. The molecule has 0 atom stereocenters. The van der Waals surface area contributed by atoms with Gasteiger partial charge in [-0.2, -0.15) is 5.10 Å². The normalized spacial score (nSPS) is 11.2. The molecule has 0 aliphatic rings. The van der Waals surface area contributed by atoms with Crippen molar-refractivity contribution in [3.8, 4) is 5.69 Å². The Kier molecular flexibility index (Phi) is 4.61. The second-order valence-electron chi connectivity index (χ2n) is 5.21. The quantitative estimate of drug-likeness (QED) is 0.905. The second-order valence-corrected chi connectivity index (χ2v) is 5.62. The van der Waals surface area contributed by atoms with Crippen LogP contribution in [0.15, 0.2) is 30.5 Å². The molecule has 19 heavy (non-hydrogen) atoms. The van der Waals surface area contributed by atoms with Gasteiger partial charge >= 0.3 is 0 Å². The van der Waals surface area contributed by atoms with Gasteiger partial charge in [0.25, 0.3) is 0 Å². The van der Waals surface area contributed by atoms with Gasteiger partial charge in [0.1, 0.15) is 0 Å². The van der Waals surface area contributed by atoms with E-state index in [4.69, 9.17) is 11.6 Å². The van der Waals surface area contributed by atoms with Crippen LogP contribution in [-0.4, -0.2) is 16.3 Å². The van der Waals surface area contributed by atoms with Crippen LogP contribution in [0.1, 0.15) is 25.1 Å². The van der Waals surface area contributed by atoms with Crippen molar-refractivity contribution in [2.75, 3.05) is 6.54 Å². The molecule has 0 unspecified atom stereocenters. The van der Waals surface area contributed by atoms with Crippen LogP contribution in [0, 0.1) is 12.8 Å². The molecule has 2 aromatic rings. The van der Waals surface area contributed by atoms with Crippen LogP contribution >= 0.6 is 11.6 Å². The molecule has 1 heterocycles. The number of rotatable bonds is 5. The predicted octanol–water partition coefficient (Wildman–Crippen LogP) is 3.58. The fourth-order valence-corrected chi connectivity index (χ4v) is 1.99. The van der Waals surface area contributed by atoms with Crippen LogP contribution in [0.3, 0.4) is 0 Å². The lowest BCUT2D eigenvalue weighted by Crippen LogP contribution is -2.19. The standard InChI is InChI=1S/C15H20ClN3/c1-11(2)9-17-10-13-6-7-19(18-13)14-5-4-12(3)15(16)8-14/h4-8,11,17H,9-10H2,1-3H3. The largest absolute Gasteiger partial charge is 0.311 e. The molecule has 0 spiro atoms. The first-order chi connectivity index (χ1) is 9.06. The van der Waals surface area contributed by atoms with E-state index in [0.29, 0.717) is 5.92 Å². The zero-order valence-corrected chi connectivity index (χ0v) is 12.4. The maximum Gasteiger partial charge on any atom is 0.0766 e. The first-order valence-electron chi connectivity index (χ1n) is 6.58. The average Bonchev–Trinajstić information content (AvgIpc) is 2.81. The Morgan fingerprint density at radius 1 is 1.32 bits per heavy atom. The van der Waals surface area contributed by atoms with Crippen LogP contribution in [0.5, 0.6) is 0 Å². The molecule has 1 N–H and O–H groups in total. The van der Waals surface area contributed by atoms with E-state index in [9.17, 15) is 0 Å². The molecule has 0 aliphatic heterocycles. The summed E-state index contributed by atoms with van der Waals surface area (Å²) in [4.78, 5) is 0. The monoisotopic (exact) mass is 277 g/mol. The number of halogens is 1. The van der Waals surface area contributed by atoms with E-state index >= 15 is 0 Å². The van der Waals surface area contributed by atoms with Crippen molar-refractivity contribution in [1.82, 2.24) is 15.1 Å². The average molecular weight is 278 g/mol. The summed E-state index contributed by atoms with van der Waals surface area (Å²) in [5.74, 6) is 0.651. The Bertz CT molecular complexity index is 546. The Morgan fingerprint density at radius 2 is 2.11 bits per heavy atom. The van der Waals surface area contributed by atoms with Crippen molar-refractivity contribution < 1.29 is 0 Å². The summed E-state index contributed by atoms with van der Waals surface area (Å²) in [5, 5.41) is 8.70. The molecule has 3 nitrogen and oxygen atoms in total. The zero-order chi connectivity index (χ0) is 13.8. The minimum absolute atomic E-state index is 0.651. The van der Waals surface area contributed by atoms with Gasteiger partial charge in [-0.1, -0.05) is 31.5 Å². The van der Waals surface area contributed by atoms with Crippen LogP contribution < -0.4 is 5.32 Å². The summed E-state index contributed by atoms with van der Waals surface area (Å²) in [5.41, 5.74) is 3.11. The van der Waals surface area contributed by atoms with E-state index < -0.39 is 0 Å². The molecule has 0 saturated heterocycles. The molecule has 0 amide bonds. The summed E-state index contributed by atoms with van der Waals surface area (Å²) in [6.07, 6.45) is 1.97. The van der Waals surface area contributed by atoms with Gasteiger partial charge in [0, 0.05) is 17.8 Å². The molecule has 0 fully saturated rings. The molecule has 0 saturated carbocycles. The lowest BCUT2D eigenvalue weighted by atomic mass is 10.2. The van der Waals surface area contributed by atoms with Crippen LogP contribution in [0.4, 0.5) is 0 Å². The van der Waals surface area contributed by atoms with E-state index in [1.165, 1.54) is 0 Å². The fraction of sp³-hybridized carbons (Fsp3) is 0.400. The number of benzene rings is 1. The van der Waals surface area contributed by atoms with Crippen LogP contribution in [0.2, 0.25) is 5.02 Å². The van der Waals surface area contributed by atoms with E-state index in [2.05, 4.69) is 24.3 Å². The highest BCUT2D eigenvalue weighted by Gasteiger charge is 2.03. The third kappa shape index (κ3) is 3.82. The molecule has 102 valence electrons. The van der Waals surface area contributed by atoms with Crippen molar-refractivity contribution in [3.63, 3.8) is 0 Å². The zero-order valence-electron chi connectivity index (χ0n) is 11.7. The number of hydrogen-bond donors (Lipinski definition) is 1. The lowest BCUT2D eigenvalue weighted by Gasteiger charge is -2.06. The van der Waals surface area contributed by atoms with Gasteiger partial charge in [-0.05, 0) is 43.1 Å². The highest BCUT2D eigenvalue weighted by molar-refractivity contribution is 6.31. The number of nitrogens with one attached hydrogen (secondary N) is 1. The van der Waals surface area contributed by atoms with Crippen molar-refractivity contribution in [3.05, 3.63) is 46.7 Å². The molecule has 0 aliphatic carbocycles. The topological polar surface area (TPSA) is 29.9 Å². The summed E-state index contributed by atoms with van der Waals surface area (Å²) in [7, 11) is 0. The SMILES string of the molecule is Cc1ccc(-n2ccc(CNCC(C)C)n2)cc1Cl. The number of nitrogens with zero attached hydrogens (tertiary/aromatic N) is 2. The Morgan fingerprint density at radius 3 is 2.79 bits per heavy atom. The van der Waals surface area contributed by atoms with Crippen molar-refractivity contribution >= 4 is 11.6 Å². The highest BCUT2D eigenvalue weighted by Crippen LogP contribution is 2.19. The number of aryl methyl sites for hydroxylation is 1. The van der Waals surface area contributed by atoms with E-state index in [-0.39, 0.29) is 0 Å². The minimum Gasteiger partial charge on any atom is -0.311 e. The molecule has 1 aromatic heterocycles. The lowest BCUT2D eigenvalue weighted by molar-refractivity contribution is 0.546. The van der Waals surface area contributed by atoms with Crippen molar-refractivity contribution in [2.45, 2.75) is 27.3 Å². The van der Waals surface area contributed by atoms with Gasteiger partial charge in [-0.15, -0.1) is 0 Å². The summed E-state index contributed by atoms with van der Waals surface area (Å²) >= 11 is 6.14. The first kappa shape index (κ1) is 14.1. The van der Waals surface area contributed by atoms with Gasteiger partial charge in [-0.3, -0.25) is 0 Å². The van der Waals surface area contributed by atoms with E-state index in [1.807, 2.05) is 42.1 Å². The van der Waals surface area contributed by atoms with Crippen molar-refractivity contribution in [1.29, 1.82) is 0 Å². The molecule has 1 aromatic carbocycles. The molecular weight excluding hydrogens is 258 g/mol. The fourth-order valence-electron chi connectivity index (χ4n) is 1.81. The van der Waals surface area contributed by atoms with E-state index in [0.717, 1.165) is 35.1 Å². The predicted molar refractivity (Wildman–Crippen MR) is 79.9 cm³/mol. The van der Waals surface area contributed by atoms with Crippen molar-refractivity contribution in [2.24, 2.45) is 5.92 Å². The van der Waals surface area contributed by atoms with Gasteiger partial charge in [-0.25, -0.2) is 4.68 Å². The molecular formula is C15H20ClN3.